The van der Waals surface area contributed by atoms with Crippen molar-refractivity contribution >= 4 is 33.3 Å². The van der Waals surface area contributed by atoms with Gasteiger partial charge in [-0.25, -0.2) is 4.98 Å². The van der Waals surface area contributed by atoms with E-state index in [-0.39, 0.29) is 0 Å². The van der Waals surface area contributed by atoms with Crippen molar-refractivity contribution in [1.29, 1.82) is 0 Å². The lowest BCUT2D eigenvalue weighted by Crippen LogP contribution is -2.27. The van der Waals surface area contributed by atoms with Crippen molar-refractivity contribution in [2.24, 2.45) is 0 Å². The first-order valence-electron chi connectivity index (χ1n) is 5.20. The van der Waals surface area contributed by atoms with Crippen molar-refractivity contribution < 1.29 is 0 Å². The van der Waals surface area contributed by atoms with Crippen LogP contribution in [0.3, 0.4) is 0 Å². The van der Waals surface area contributed by atoms with E-state index in [2.05, 4.69) is 32.7 Å². The summed E-state index contributed by atoms with van der Waals surface area (Å²) in [4.78, 5) is 6.60. The lowest BCUT2D eigenvalue weighted by molar-refractivity contribution is 0.725. The lowest BCUT2D eigenvalue weighted by atomic mass is 10.3. The van der Waals surface area contributed by atoms with Crippen molar-refractivity contribution in [2.75, 3.05) is 23.9 Å². The largest absolute Gasteiger partial charge is 0.355 e. The molecule has 0 aliphatic rings. The van der Waals surface area contributed by atoms with Crippen LogP contribution in [0.25, 0.3) is 0 Å². The van der Waals surface area contributed by atoms with Gasteiger partial charge in [0.25, 0.3) is 0 Å². The molecule has 0 spiro atoms. The highest BCUT2D eigenvalue weighted by molar-refractivity contribution is 9.10. The van der Waals surface area contributed by atoms with E-state index in [1.807, 2.05) is 18.3 Å². The number of unbranched alkanes of at least 4 members (excludes halogenated alkanes) is 1. The van der Waals surface area contributed by atoms with Gasteiger partial charge in [0.05, 0.1) is 0 Å². The molecule has 2 nitrogen and oxygen atoms in total. The molecular weight excluding hydrogens is 275 g/mol. The Bertz CT molecular complexity index is 276. The summed E-state index contributed by atoms with van der Waals surface area (Å²) in [5, 5.41) is 0. The minimum atomic E-state index is 0.640. The molecule has 0 aliphatic heterocycles. The van der Waals surface area contributed by atoms with Gasteiger partial charge >= 0.3 is 0 Å². The first kappa shape index (κ1) is 12.8. The van der Waals surface area contributed by atoms with Crippen LogP contribution in [-0.2, 0) is 0 Å². The van der Waals surface area contributed by atoms with Crippen LogP contribution in [-0.4, -0.2) is 24.0 Å². The van der Waals surface area contributed by atoms with E-state index in [4.69, 9.17) is 11.6 Å². The van der Waals surface area contributed by atoms with Crippen LogP contribution in [0.4, 0.5) is 5.82 Å². The van der Waals surface area contributed by atoms with Crippen LogP contribution < -0.4 is 4.90 Å². The van der Waals surface area contributed by atoms with Gasteiger partial charge < -0.3 is 4.90 Å². The smallest absolute Gasteiger partial charge is 0.128 e. The third kappa shape index (κ3) is 4.39. The van der Waals surface area contributed by atoms with Crippen molar-refractivity contribution in [1.82, 2.24) is 4.98 Å². The zero-order chi connectivity index (χ0) is 11.1. The van der Waals surface area contributed by atoms with Gasteiger partial charge in [-0.3, -0.25) is 0 Å². The minimum absolute atomic E-state index is 0.640. The second-order valence-corrected chi connectivity index (χ2v) is 4.66. The van der Waals surface area contributed by atoms with E-state index >= 15 is 0 Å². The van der Waals surface area contributed by atoms with Crippen LogP contribution in [0.5, 0.6) is 0 Å². The first-order valence-corrected chi connectivity index (χ1v) is 6.53. The van der Waals surface area contributed by atoms with E-state index in [9.17, 15) is 0 Å². The Labute approximate surface area is 105 Å². The van der Waals surface area contributed by atoms with Gasteiger partial charge in [0.2, 0.25) is 0 Å². The average Bonchev–Trinajstić information content (AvgIpc) is 2.25. The molecule has 0 N–H and O–H groups in total. The van der Waals surface area contributed by atoms with Crippen LogP contribution in [0, 0.1) is 0 Å². The highest BCUT2D eigenvalue weighted by atomic mass is 79.9. The number of hydrogen-bond donors (Lipinski definition) is 0. The molecule has 1 aromatic rings. The minimum Gasteiger partial charge on any atom is -0.355 e. The van der Waals surface area contributed by atoms with Crippen molar-refractivity contribution in [3.05, 3.63) is 22.8 Å². The Balaban J connectivity index is 2.65. The van der Waals surface area contributed by atoms with Gasteiger partial charge in [-0.15, -0.1) is 11.6 Å². The normalized spacial score (nSPS) is 10.3. The van der Waals surface area contributed by atoms with Crippen molar-refractivity contribution in [3.63, 3.8) is 0 Å². The maximum Gasteiger partial charge on any atom is 0.128 e. The highest BCUT2D eigenvalue weighted by Gasteiger charge is 2.05. The van der Waals surface area contributed by atoms with Gasteiger partial charge in [-0.05, 0) is 34.5 Å². The molecule has 1 aromatic heterocycles. The molecule has 0 fully saturated rings. The molecule has 0 saturated carbocycles. The molecule has 84 valence electrons. The van der Waals surface area contributed by atoms with Gasteiger partial charge in [-0.1, -0.05) is 13.3 Å². The number of halogens is 2. The maximum absolute atomic E-state index is 5.78. The Morgan fingerprint density at radius 3 is 2.73 bits per heavy atom. The second kappa shape index (κ2) is 7.07. The quantitative estimate of drug-likeness (QED) is 0.743. The first-order chi connectivity index (χ1) is 7.27. The number of hydrogen-bond acceptors (Lipinski definition) is 2. The van der Waals surface area contributed by atoms with Crippen molar-refractivity contribution in [2.45, 2.75) is 19.8 Å². The molecule has 15 heavy (non-hydrogen) atoms. The molecule has 0 unspecified atom stereocenters. The molecule has 0 aliphatic carbocycles. The number of rotatable bonds is 6. The molecule has 1 heterocycles. The van der Waals surface area contributed by atoms with E-state index < -0.39 is 0 Å². The van der Waals surface area contributed by atoms with Gasteiger partial charge in [0, 0.05) is 29.6 Å². The fraction of sp³-hybridized carbons (Fsp3) is 0.545. The lowest BCUT2D eigenvalue weighted by Gasteiger charge is -2.22. The topological polar surface area (TPSA) is 16.1 Å². The van der Waals surface area contributed by atoms with E-state index in [0.29, 0.717) is 5.88 Å². The zero-order valence-corrected chi connectivity index (χ0v) is 11.3. The average molecular weight is 292 g/mol. The molecule has 0 radical (unpaired) electrons. The summed E-state index contributed by atoms with van der Waals surface area (Å²) in [5.41, 5.74) is 0. The predicted molar refractivity (Wildman–Crippen MR) is 69.8 cm³/mol. The molecule has 0 saturated heterocycles. The van der Waals surface area contributed by atoms with E-state index in [1.165, 1.54) is 12.8 Å². The Kier molecular flexibility index (Phi) is 6.03. The van der Waals surface area contributed by atoms with Crippen molar-refractivity contribution in [3.8, 4) is 0 Å². The molecule has 4 heteroatoms. The van der Waals surface area contributed by atoms with Gasteiger partial charge in [0.1, 0.15) is 5.82 Å². The summed E-state index contributed by atoms with van der Waals surface area (Å²) >= 11 is 9.16. The van der Waals surface area contributed by atoms with Gasteiger partial charge in [-0.2, -0.15) is 0 Å². The highest BCUT2D eigenvalue weighted by Crippen LogP contribution is 2.15. The maximum atomic E-state index is 5.78. The van der Waals surface area contributed by atoms with Crippen LogP contribution in [0.1, 0.15) is 19.8 Å². The zero-order valence-electron chi connectivity index (χ0n) is 8.92. The summed E-state index contributed by atoms with van der Waals surface area (Å²) in [7, 11) is 0. The van der Waals surface area contributed by atoms with Crippen LogP contribution in [0.2, 0.25) is 0 Å². The number of alkyl halides is 1. The molecule has 0 bridgehead atoms. The second-order valence-electron chi connectivity index (χ2n) is 3.36. The number of pyridine rings is 1. The van der Waals surface area contributed by atoms with Gasteiger partial charge in [0.15, 0.2) is 0 Å². The third-order valence-electron chi connectivity index (χ3n) is 2.17. The predicted octanol–water partition coefficient (Wildman–Crippen LogP) is 3.69. The number of aromatic nitrogens is 1. The number of anilines is 1. The number of nitrogens with zero attached hydrogens (tertiary/aromatic N) is 2. The summed E-state index contributed by atoms with van der Waals surface area (Å²) < 4.78 is 1.01. The Hall–Kier alpha value is -0.280. The van der Waals surface area contributed by atoms with Crippen LogP contribution in [0.15, 0.2) is 22.8 Å². The SMILES string of the molecule is CCCCN(CCCl)c1ccc(Br)cn1. The molecular formula is C11H16BrClN2. The Morgan fingerprint density at radius 1 is 1.40 bits per heavy atom. The fourth-order valence-corrected chi connectivity index (χ4v) is 1.79. The summed E-state index contributed by atoms with van der Waals surface area (Å²) in [6.45, 7) is 4.07. The molecule has 0 aromatic carbocycles. The third-order valence-corrected chi connectivity index (χ3v) is 2.81. The Morgan fingerprint density at radius 2 is 2.20 bits per heavy atom. The van der Waals surface area contributed by atoms with E-state index in [1.54, 1.807) is 0 Å². The molecule has 0 amide bonds. The summed E-state index contributed by atoms with van der Waals surface area (Å²) in [6.07, 6.45) is 4.19. The molecule has 1 rings (SSSR count). The standard InChI is InChI=1S/C11H16BrClN2/c1-2-3-7-15(8-6-13)11-5-4-10(12)9-14-11/h4-5,9H,2-3,6-8H2,1H3. The summed E-state index contributed by atoms with van der Waals surface area (Å²) in [6, 6.07) is 4.03. The summed E-state index contributed by atoms with van der Waals surface area (Å²) in [5.74, 6) is 1.65. The fourth-order valence-electron chi connectivity index (χ4n) is 1.35. The molecule has 0 atom stereocenters. The monoisotopic (exact) mass is 290 g/mol. The van der Waals surface area contributed by atoms with Crippen LogP contribution >= 0.6 is 27.5 Å². The van der Waals surface area contributed by atoms with E-state index in [0.717, 1.165) is 23.4 Å².